The fraction of sp³-hybridized carbons (Fsp3) is 0.211. The summed E-state index contributed by atoms with van der Waals surface area (Å²) in [5, 5.41) is 13.0. The summed E-state index contributed by atoms with van der Waals surface area (Å²) >= 11 is 0. The normalized spacial score (nSPS) is 18.9. The highest BCUT2D eigenvalue weighted by atomic mass is 19.1. The number of hydrogen-bond donors (Lipinski definition) is 3. The number of aliphatic hydroxyl groups is 1. The number of nitrogens with zero attached hydrogens (tertiary/aromatic N) is 3. The number of pyridine rings is 2. The van der Waals surface area contributed by atoms with Crippen molar-refractivity contribution in [3.63, 3.8) is 0 Å². The van der Waals surface area contributed by atoms with E-state index in [9.17, 15) is 14.3 Å². The second-order valence-electron chi connectivity index (χ2n) is 6.75. The maximum Gasteiger partial charge on any atom is 0.231 e. The highest BCUT2D eigenvalue weighted by Gasteiger charge is 2.43. The van der Waals surface area contributed by atoms with Gasteiger partial charge < -0.3 is 19.8 Å². The van der Waals surface area contributed by atoms with Crippen LogP contribution in [0.3, 0.4) is 0 Å². The van der Waals surface area contributed by atoms with Crippen LogP contribution in [-0.2, 0) is 11.4 Å². The molecule has 4 aromatic heterocycles. The summed E-state index contributed by atoms with van der Waals surface area (Å²) in [4.78, 5) is 23.7. The molecule has 1 fully saturated rings. The Hall–Kier alpha value is -3.26. The molecule has 0 aliphatic heterocycles. The molecule has 4 aromatic rings. The number of aliphatic hydroxyl groups excluding tert-OH is 1. The highest BCUT2D eigenvalue weighted by molar-refractivity contribution is 5.94. The van der Waals surface area contributed by atoms with Crippen LogP contribution >= 0.6 is 0 Å². The smallest absolute Gasteiger partial charge is 0.231 e. The molecule has 8 heteroatoms. The van der Waals surface area contributed by atoms with Crippen molar-refractivity contribution >= 4 is 28.4 Å². The van der Waals surface area contributed by atoms with Crippen LogP contribution in [-0.4, -0.2) is 36.5 Å². The van der Waals surface area contributed by atoms with Crippen LogP contribution in [0.15, 0.2) is 43.0 Å². The predicted molar refractivity (Wildman–Crippen MR) is 97.8 cm³/mol. The number of halogens is 1. The van der Waals surface area contributed by atoms with Gasteiger partial charge in [-0.25, -0.2) is 14.4 Å². The number of aromatic amines is 1. The lowest BCUT2D eigenvalue weighted by atomic mass is 10.1. The van der Waals surface area contributed by atoms with Crippen molar-refractivity contribution in [1.82, 2.24) is 19.4 Å². The van der Waals surface area contributed by atoms with Gasteiger partial charge in [-0.05, 0) is 24.6 Å². The van der Waals surface area contributed by atoms with Gasteiger partial charge >= 0.3 is 0 Å². The minimum absolute atomic E-state index is 0.0600. The minimum atomic E-state index is -1.03. The zero-order chi connectivity index (χ0) is 18.5. The van der Waals surface area contributed by atoms with Crippen molar-refractivity contribution in [3.05, 3.63) is 48.5 Å². The number of aromatic nitrogens is 4. The Balaban J connectivity index is 1.48. The van der Waals surface area contributed by atoms with Crippen LogP contribution in [0.25, 0.3) is 27.8 Å². The lowest BCUT2D eigenvalue weighted by Gasteiger charge is -2.03. The van der Waals surface area contributed by atoms with Gasteiger partial charge in [-0.1, -0.05) is 0 Å². The zero-order valence-corrected chi connectivity index (χ0v) is 14.2. The molecule has 5 rings (SSSR count). The second kappa shape index (κ2) is 5.88. The Morgan fingerprint density at radius 2 is 2.22 bits per heavy atom. The zero-order valence-electron chi connectivity index (χ0n) is 14.2. The van der Waals surface area contributed by atoms with Crippen LogP contribution in [0.5, 0.6) is 0 Å². The molecule has 0 bridgehead atoms. The molecule has 0 radical (unpaired) electrons. The van der Waals surface area contributed by atoms with Crippen LogP contribution < -0.4 is 5.32 Å². The van der Waals surface area contributed by atoms with Gasteiger partial charge in [-0.2, -0.15) is 0 Å². The van der Waals surface area contributed by atoms with Gasteiger partial charge in [0.2, 0.25) is 5.91 Å². The van der Waals surface area contributed by atoms with Crippen LogP contribution in [0.4, 0.5) is 10.2 Å². The standard InChI is InChI=1S/C19H16FN5O2/c20-15-4-14(15)19(27)24-16-8-25-7-10(1-2-17(25)23-16)11-3-13-12(9-26)6-22-18(13)21-5-11/h1-3,5-8,14-15,26H,4,9H2,(H,21,22)(H,24,27). The van der Waals surface area contributed by atoms with E-state index in [1.807, 2.05) is 24.4 Å². The quantitative estimate of drug-likeness (QED) is 0.518. The van der Waals surface area contributed by atoms with E-state index in [4.69, 9.17) is 0 Å². The van der Waals surface area contributed by atoms with Crippen molar-refractivity contribution in [3.8, 4) is 11.1 Å². The monoisotopic (exact) mass is 365 g/mol. The maximum atomic E-state index is 13.0. The average molecular weight is 365 g/mol. The Kier molecular flexibility index (Phi) is 3.48. The molecule has 2 atom stereocenters. The molecule has 7 nitrogen and oxygen atoms in total. The number of imidazole rings is 1. The van der Waals surface area contributed by atoms with Gasteiger partial charge in [0.25, 0.3) is 0 Å². The summed E-state index contributed by atoms with van der Waals surface area (Å²) in [5.41, 5.74) is 4.01. The van der Waals surface area contributed by atoms with Gasteiger partial charge in [0.1, 0.15) is 17.5 Å². The van der Waals surface area contributed by atoms with E-state index in [1.54, 1.807) is 23.0 Å². The van der Waals surface area contributed by atoms with E-state index in [2.05, 4.69) is 20.3 Å². The molecule has 1 amide bonds. The van der Waals surface area contributed by atoms with E-state index in [1.165, 1.54) is 0 Å². The first-order chi connectivity index (χ1) is 13.1. The number of rotatable bonds is 4. The molecule has 0 saturated heterocycles. The number of carbonyl (C=O) groups excluding carboxylic acids is 1. The number of fused-ring (bicyclic) bond motifs is 2. The van der Waals surface area contributed by atoms with E-state index in [0.29, 0.717) is 11.5 Å². The fourth-order valence-electron chi connectivity index (χ4n) is 3.22. The third-order valence-corrected chi connectivity index (χ3v) is 4.87. The van der Waals surface area contributed by atoms with Gasteiger partial charge in [-0.3, -0.25) is 4.79 Å². The third-order valence-electron chi connectivity index (χ3n) is 4.87. The van der Waals surface area contributed by atoms with E-state index >= 15 is 0 Å². The van der Waals surface area contributed by atoms with Crippen molar-refractivity contribution in [2.45, 2.75) is 19.2 Å². The van der Waals surface area contributed by atoms with Crippen LogP contribution in [0, 0.1) is 5.92 Å². The molecular formula is C19H16FN5O2. The maximum absolute atomic E-state index is 13.0. The predicted octanol–water partition coefficient (Wildman–Crippen LogP) is 2.67. The molecule has 1 aliphatic rings. The first-order valence-corrected chi connectivity index (χ1v) is 8.63. The Bertz CT molecular complexity index is 1180. The number of amides is 1. The summed E-state index contributed by atoms with van der Waals surface area (Å²) in [6.07, 6.45) is 6.35. The first kappa shape index (κ1) is 16.0. The summed E-state index contributed by atoms with van der Waals surface area (Å²) in [5.74, 6) is -0.479. The molecule has 0 aromatic carbocycles. The lowest BCUT2D eigenvalue weighted by molar-refractivity contribution is -0.117. The van der Waals surface area contributed by atoms with Crippen molar-refractivity contribution in [2.24, 2.45) is 5.92 Å². The topological polar surface area (TPSA) is 95.3 Å². The minimum Gasteiger partial charge on any atom is -0.392 e. The average Bonchev–Trinajstić information content (AvgIpc) is 3.10. The molecule has 136 valence electrons. The third kappa shape index (κ3) is 2.74. The molecule has 0 spiro atoms. The van der Waals surface area contributed by atoms with E-state index < -0.39 is 12.1 Å². The van der Waals surface area contributed by atoms with Crippen molar-refractivity contribution in [2.75, 3.05) is 5.32 Å². The number of carbonyl (C=O) groups is 1. The van der Waals surface area contributed by atoms with Crippen molar-refractivity contribution < 1.29 is 14.3 Å². The Labute approximate surface area is 152 Å². The van der Waals surface area contributed by atoms with Gasteiger partial charge in [0.05, 0.1) is 18.7 Å². The SMILES string of the molecule is O=C(Nc1cn2cc(-c3cnc4[nH]cc(CO)c4c3)ccc2n1)C1CC1F. The number of H-pyrrole nitrogens is 1. The van der Waals surface area contributed by atoms with Crippen molar-refractivity contribution in [1.29, 1.82) is 0 Å². The summed E-state index contributed by atoms with van der Waals surface area (Å²) in [6.45, 7) is -0.0600. The van der Waals surface area contributed by atoms with Gasteiger partial charge in [0, 0.05) is 40.7 Å². The van der Waals surface area contributed by atoms with E-state index in [0.717, 1.165) is 27.7 Å². The molecule has 1 saturated carbocycles. The first-order valence-electron chi connectivity index (χ1n) is 8.63. The van der Waals surface area contributed by atoms with Gasteiger partial charge in [0.15, 0.2) is 5.82 Å². The Morgan fingerprint density at radius 1 is 1.37 bits per heavy atom. The van der Waals surface area contributed by atoms with Crippen LogP contribution in [0.1, 0.15) is 12.0 Å². The van der Waals surface area contributed by atoms with E-state index in [-0.39, 0.29) is 18.9 Å². The molecule has 3 N–H and O–H groups in total. The summed E-state index contributed by atoms with van der Waals surface area (Å²) in [7, 11) is 0. The summed E-state index contributed by atoms with van der Waals surface area (Å²) in [6, 6.07) is 5.73. The fourth-order valence-corrected chi connectivity index (χ4v) is 3.22. The molecule has 27 heavy (non-hydrogen) atoms. The molecule has 1 aliphatic carbocycles. The lowest BCUT2D eigenvalue weighted by Crippen LogP contribution is -2.15. The largest absolute Gasteiger partial charge is 0.392 e. The van der Waals surface area contributed by atoms with Crippen LogP contribution in [0.2, 0.25) is 0 Å². The molecule has 2 unspecified atom stereocenters. The molecule has 4 heterocycles. The number of hydrogen-bond acceptors (Lipinski definition) is 4. The number of anilines is 1. The summed E-state index contributed by atoms with van der Waals surface area (Å²) < 4.78 is 14.8. The second-order valence-corrected chi connectivity index (χ2v) is 6.75. The van der Waals surface area contributed by atoms with Gasteiger partial charge in [-0.15, -0.1) is 0 Å². The molecular weight excluding hydrogens is 349 g/mol. The number of alkyl halides is 1. The highest BCUT2D eigenvalue weighted by Crippen LogP contribution is 2.34. The number of nitrogens with one attached hydrogen (secondary N) is 2. The Morgan fingerprint density at radius 3 is 3.00 bits per heavy atom.